The summed E-state index contributed by atoms with van der Waals surface area (Å²) in [6.07, 6.45) is -0.669. The predicted octanol–water partition coefficient (Wildman–Crippen LogP) is 2.36. The molecule has 35 heavy (non-hydrogen) atoms. The summed E-state index contributed by atoms with van der Waals surface area (Å²) >= 11 is 0. The predicted molar refractivity (Wildman–Crippen MR) is 134 cm³/mol. The molecule has 0 bridgehead atoms. The van der Waals surface area contributed by atoms with Crippen molar-refractivity contribution in [3.8, 4) is 0 Å². The van der Waals surface area contributed by atoms with Crippen LogP contribution in [0.5, 0.6) is 0 Å². The van der Waals surface area contributed by atoms with Crippen LogP contribution in [0.25, 0.3) is 22.3 Å². The number of aliphatic hydroxyl groups excluding tert-OH is 1. The Hall–Kier alpha value is -3.56. The number of rotatable bonds is 3. The number of aliphatic hydroxyl groups is 1. The van der Waals surface area contributed by atoms with Gasteiger partial charge in [0.2, 0.25) is 0 Å². The standard InChI is InChI=1S/C22H22FN5O.C4H8O2/c1-27-7-9-28(10-8-27)14-5-6-16-17(12-14)26-22(25-16)20-18(29)11-13-3-2-4-15(23)19(13)21(20)24;1-3(5)4(2)6/h2-6,12H,7-11,24H2,1H3,(H,25,26);3,5H,1-2H3. The number of carbonyl (C=O) groups is 2. The van der Waals surface area contributed by atoms with Crippen LogP contribution < -0.4 is 10.6 Å². The number of fused-ring (bicyclic) bond motifs is 2. The van der Waals surface area contributed by atoms with Gasteiger partial charge in [0, 0.05) is 43.9 Å². The molecule has 1 saturated heterocycles. The molecule has 0 spiro atoms. The molecule has 0 radical (unpaired) electrons. The highest BCUT2D eigenvalue weighted by Gasteiger charge is 2.29. The molecule has 1 aromatic heterocycles. The van der Waals surface area contributed by atoms with Crippen LogP contribution in [0.2, 0.25) is 0 Å². The smallest absolute Gasteiger partial charge is 0.173 e. The van der Waals surface area contributed by atoms with Crippen molar-refractivity contribution in [2.45, 2.75) is 26.4 Å². The number of hydrogen-bond donors (Lipinski definition) is 3. The molecule has 1 atom stereocenters. The van der Waals surface area contributed by atoms with Gasteiger partial charge in [0.25, 0.3) is 0 Å². The van der Waals surface area contributed by atoms with E-state index in [1.54, 1.807) is 12.1 Å². The monoisotopic (exact) mass is 479 g/mol. The molecule has 2 aliphatic rings. The van der Waals surface area contributed by atoms with Crippen molar-refractivity contribution in [2.75, 3.05) is 38.1 Å². The molecule has 3 aromatic rings. The maximum atomic E-state index is 14.4. The Bertz CT molecular complexity index is 1310. The van der Waals surface area contributed by atoms with Crippen LogP contribution in [0.4, 0.5) is 10.1 Å². The first-order chi connectivity index (χ1) is 16.7. The van der Waals surface area contributed by atoms with Gasteiger partial charge in [0.15, 0.2) is 11.6 Å². The maximum absolute atomic E-state index is 14.4. The Kier molecular flexibility index (Phi) is 7.00. The van der Waals surface area contributed by atoms with E-state index >= 15 is 0 Å². The van der Waals surface area contributed by atoms with E-state index < -0.39 is 11.9 Å². The molecular weight excluding hydrogens is 449 g/mol. The van der Waals surface area contributed by atoms with Gasteiger partial charge in [-0.05, 0) is 50.7 Å². The molecule has 1 unspecified atom stereocenters. The lowest BCUT2D eigenvalue weighted by Crippen LogP contribution is -2.44. The molecule has 5 rings (SSSR count). The zero-order valence-electron chi connectivity index (χ0n) is 20.1. The van der Waals surface area contributed by atoms with E-state index in [1.807, 2.05) is 12.1 Å². The number of nitrogens with two attached hydrogens (primary N) is 1. The van der Waals surface area contributed by atoms with E-state index in [4.69, 9.17) is 10.8 Å². The van der Waals surface area contributed by atoms with E-state index in [2.05, 4.69) is 32.9 Å². The number of allylic oxidation sites excluding steroid dienone is 1. The Labute approximate surface area is 203 Å². The third-order valence-electron chi connectivity index (χ3n) is 6.43. The third kappa shape index (κ3) is 5.11. The number of aromatic nitrogens is 2. The second kappa shape index (κ2) is 9.97. The molecule has 8 nitrogen and oxygen atoms in total. The average molecular weight is 480 g/mol. The minimum atomic E-state index is -0.787. The molecule has 2 heterocycles. The lowest BCUT2D eigenvalue weighted by atomic mass is 9.88. The van der Waals surface area contributed by atoms with Crippen LogP contribution in [0.15, 0.2) is 36.4 Å². The van der Waals surface area contributed by atoms with E-state index in [1.165, 1.54) is 19.9 Å². The van der Waals surface area contributed by atoms with Crippen molar-refractivity contribution in [1.29, 1.82) is 0 Å². The lowest BCUT2D eigenvalue weighted by molar-refractivity contribution is -0.124. The lowest BCUT2D eigenvalue weighted by Gasteiger charge is -2.34. The van der Waals surface area contributed by atoms with Crippen molar-refractivity contribution < 1.29 is 19.1 Å². The van der Waals surface area contributed by atoms with E-state index in [0.29, 0.717) is 17.0 Å². The molecule has 1 aliphatic carbocycles. The first-order valence-corrected chi connectivity index (χ1v) is 11.6. The molecule has 2 aromatic carbocycles. The fraction of sp³-hybridized carbons (Fsp3) is 0.346. The molecule has 0 amide bonds. The summed E-state index contributed by atoms with van der Waals surface area (Å²) in [6, 6.07) is 10.7. The first kappa shape index (κ1) is 24.6. The summed E-state index contributed by atoms with van der Waals surface area (Å²) in [5, 5.41) is 8.28. The van der Waals surface area contributed by atoms with Crippen LogP contribution in [0.1, 0.15) is 30.8 Å². The number of nitrogens with one attached hydrogen (secondary N) is 1. The third-order valence-corrected chi connectivity index (χ3v) is 6.43. The number of imidazole rings is 1. The van der Waals surface area contributed by atoms with E-state index in [0.717, 1.165) is 42.9 Å². The number of Topliss-reactive ketones (excluding diaryl/α,β-unsaturated/α-hetero) is 2. The minimum absolute atomic E-state index is 0.118. The van der Waals surface area contributed by atoms with E-state index in [-0.39, 0.29) is 29.3 Å². The van der Waals surface area contributed by atoms with Crippen molar-refractivity contribution in [3.63, 3.8) is 0 Å². The van der Waals surface area contributed by atoms with Crippen molar-refractivity contribution in [1.82, 2.24) is 14.9 Å². The van der Waals surface area contributed by atoms with Gasteiger partial charge in [-0.3, -0.25) is 9.59 Å². The summed E-state index contributed by atoms with van der Waals surface area (Å²) in [5.74, 6) is -0.362. The Balaban J connectivity index is 0.000000431. The highest BCUT2D eigenvalue weighted by Crippen LogP contribution is 2.33. The van der Waals surface area contributed by atoms with Gasteiger partial charge in [0.05, 0.1) is 22.3 Å². The largest absolute Gasteiger partial charge is 0.397 e. The second-order valence-corrected chi connectivity index (χ2v) is 9.03. The Morgan fingerprint density at radius 3 is 2.54 bits per heavy atom. The number of aromatic amines is 1. The Morgan fingerprint density at radius 1 is 1.20 bits per heavy atom. The van der Waals surface area contributed by atoms with Gasteiger partial charge >= 0.3 is 0 Å². The number of anilines is 1. The van der Waals surface area contributed by atoms with Crippen LogP contribution in [0.3, 0.4) is 0 Å². The zero-order valence-corrected chi connectivity index (χ0v) is 20.1. The molecule has 184 valence electrons. The normalized spacial score (nSPS) is 17.2. The number of H-pyrrole nitrogens is 1. The number of nitrogens with zero attached hydrogens (tertiary/aromatic N) is 3. The fourth-order valence-corrected chi connectivity index (χ4v) is 4.19. The summed E-state index contributed by atoms with van der Waals surface area (Å²) in [4.78, 5) is 35.1. The number of carbonyl (C=O) groups excluding carboxylic acids is 2. The van der Waals surface area contributed by atoms with Crippen LogP contribution in [-0.2, 0) is 16.0 Å². The SMILES string of the molecule is CC(=O)C(C)O.CN1CCN(c2ccc3nc(C4=C(N)c5c(F)cccc5CC4=O)[nH]c3c2)CC1. The topological polar surface area (TPSA) is 116 Å². The van der Waals surface area contributed by atoms with Crippen LogP contribution in [-0.4, -0.2) is 70.9 Å². The Morgan fingerprint density at radius 2 is 1.89 bits per heavy atom. The molecule has 1 aliphatic heterocycles. The van der Waals surface area contributed by atoms with Gasteiger partial charge < -0.3 is 25.6 Å². The van der Waals surface area contributed by atoms with E-state index in [9.17, 15) is 14.0 Å². The fourth-order valence-electron chi connectivity index (χ4n) is 4.19. The molecule has 1 fully saturated rings. The molecule has 9 heteroatoms. The molecular formula is C26H30FN5O3. The quantitative estimate of drug-likeness (QED) is 0.528. The maximum Gasteiger partial charge on any atom is 0.173 e. The van der Waals surface area contributed by atoms with Crippen LogP contribution >= 0.6 is 0 Å². The van der Waals surface area contributed by atoms with Gasteiger partial charge in [0.1, 0.15) is 17.7 Å². The highest BCUT2D eigenvalue weighted by molar-refractivity contribution is 6.29. The van der Waals surface area contributed by atoms with Crippen LogP contribution in [0, 0.1) is 5.82 Å². The number of hydrogen-bond acceptors (Lipinski definition) is 7. The van der Waals surface area contributed by atoms with Crippen molar-refractivity contribution >= 4 is 39.6 Å². The zero-order chi connectivity index (χ0) is 25.3. The number of halogens is 1. The summed E-state index contributed by atoms with van der Waals surface area (Å²) in [6.45, 7) is 6.78. The highest BCUT2D eigenvalue weighted by atomic mass is 19.1. The number of benzene rings is 2. The number of piperazine rings is 1. The second-order valence-electron chi connectivity index (χ2n) is 9.03. The molecule has 0 saturated carbocycles. The van der Waals surface area contributed by atoms with Crippen molar-refractivity contribution in [3.05, 3.63) is 59.2 Å². The number of likely N-dealkylation sites (N-methyl/N-ethyl adjacent to an activating group) is 1. The average Bonchev–Trinajstić information content (AvgIpc) is 3.22. The van der Waals surface area contributed by atoms with Gasteiger partial charge in [-0.2, -0.15) is 0 Å². The summed E-state index contributed by atoms with van der Waals surface area (Å²) in [7, 11) is 2.13. The molecule has 4 N–H and O–H groups in total. The van der Waals surface area contributed by atoms with Crippen molar-refractivity contribution in [2.24, 2.45) is 5.73 Å². The summed E-state index contributed by atoms with van der Waals surface area (Å²) in [5.41, 5.74) is 10.3. The minimum Gasteiger partial charge on any atom is -0.397 e. The number of ketones is 2. The van der Waals surface area contributed by atoms with Gasteiger partial charge in [-0.25, -0.2) is 9.37 Å². The first-order valence-electron chi connectivity index (χ1n) is 11.6. The van der Waals surface area contributed by atoms with Gasteiger partial charge in [-0.15, -0.1) is 0 Å². The summed E-state index contributed by atoms with van der Waals surface area (Å²) < 4.78 is 14.4. The van der Waals surface area contributed by atoms with Gasteiger partial charge in [-0.1, -0.05) is 12.1 Å².